The third kappa shape index (κ3) is 4.26. The van der Waals surface area contributed by atoms with Gasteiger partial charge in [0.05, 0.1) is 62.3 Å². The molecule has 0 saturated carbocycles. The van der Waals surface area contributed by atoms with Crippen LogP contribution >= 0.6 is 0 Å². The highest BCUT2D eigenvalue weighted by atomic mass is 16.5. The van der Waals surface area contributed by atoms with Crippen LogP contribution in [-0.2, 0) is 14.2 Å². The van der Waals surface area contributed by atoms with E-state index in [9.17, 15) is 4.79 Å². The summed E-state index contributed by atoms with van der Waals surface area (Å²) in [4.78, 5) is 35.4. The molecule has 2 atom stereocenters. The fraction of sp³-hybridized carbons (Fsp3) is 0.458. The number of fused-ring (bicyclic) bond motifs is 1. The molecule has 2 fully saturated rings. The molecule has 0 bridgehead atoms. The zero-order valence-corrected chi connectivity index (χ0v) is 19.6. The van der Waals surface area contributed by atoms with Crippen molar-refractivity contribution in [1.82, 2.24) is 19.9 Å². The average molecular weight is 465 g/mol. The molecule has 3 aromatic heterocycles. The number of hydrogen-bond donors (Lipinski definition) is 0. The first-order chi connectivity index (χ1) is 16.5. The smallest absolute Gasteiger partial charge is 0.339 e. The Morgan fingerprint density at radius 2 is 1.74 bits per heavy atom. The molecule has 0 aromatic carbocycles. The van der Waals surface area contributed by atoms with Gasteiger partial charge in [0.15, 0.2) is 5.65 Å². The van der Waals surface area contributed by atoms with E-state index in [4.69, 9.17) is 29.2 Å². The molecule has 3 aromatic rings. The number of hydrogen-bond acceptors (Lipinski definition) is 10. The molecule has 0 aliphatic carbocycles. The molecule has 10 nitrogen and oxygen atoms in total. The van der Waals surface area contributed by atoms with Gasteiger partial charge in [-0.2, -0.15) is 9.97 Å². The predicted molar refractivity (Wildman–Crippen MR) is 127 cm³/mol. The minimum absolute atomic E-state index is 0.158. The van der Waals surface area contributed by atoms with E-state index in [0.29, 0.717) is 54.8 Å². The molecule has 0 amide bonds. The van der Waals surface area contributed by atoms with Gasteiger partial charge in [-0.3, -0.25) is 4.98 Å². The maximum atomic E-state index is 12.0. The Balaban J connectivity index is 1.63. The van der Waals surface area contributed by atoms with Crippen LogP contribution in [0.25, 0.3) is 22.3 Å². The normalized spacial score (nSPS) is 21.0. The van der Waals surface area contributed by atoms with E-state index in [2.05, 4.69) is 28.6 Å². The van der Waals surface area contributed by atoms with E-state index in [-0.39, 0.29) is 12.1 Å². The second kappa shape index (κ2) is 9.47. The van der Waals surface area contributed by atoms with Crippen LogP contribution in [0, 0.1) is 0 Å². The number of rotatable bonds is 4. The van der Waals surface area contributed by atoms with E-state index >= 15 is 0 Å². The number of esters is 1. The van der Waals surface area contributed by atoms with Gasteiger partial charge in [0.2, 0.25) is 5.95 Å². The van der Waals surface area contributed by atoms with Crippen molar-refractivity contribution in [2.45, 2.75) is 25.9 Å². The lowest BCUT2D eigenvalue weighted by Crippen LogP contribution is -2.46. The molecule has 34 heavy (non-hydrogen) atoms. The van der Waals surface area contributed by atoms with Crippen LogP contribution in [0.5, 0.6) is 0 Å². The molecule has 5 heterocycles. The number of pyridine rings is 2. The van der Waals surface area contributed by atoms with Crippen molar-refractivity contribution in [1.29, 1.82) is 0 Å². The Labute approximate surface area is 197 Å². The Hall–Kier alpha value is -3.37. The van der Waals surface area contributed by atoms with E-state index in [1.807, 2.05) is 12.1 Å². The van der Waals surface area contributed by atoms with Crippen LogP contribution in [-0.4, -0.2) is 84.6 Å². The van der Waals surface area contributed by atoms with Gasteiger partial charge in [-0.25, -0.2) is 9.78 Å². The molecule has 2 aliphatic rings. The van der Waals surface area contributed by atoms with E-state index in [1.54, 1.807) is 12.3 Å². The van der Waals surface area contributed by atoms with Crippen LogP contribution in [0.3, 0.4) is 0 Å². The molecule has 2 aliphatic heterocycles. The molecule has 0 unspecified atom stereocenters. The molecule has 0 radical (unpaired) electrons. The third-order valence-corrected chi connectivity index (χ3v) is 6.25. The molecule has 178 valence electrons. The molecular formula is C24H28N6O4. The second-order valence-electron chi connectivity index (χ2n) is 8.60. The lowest BCUT2D eigenvalue weighted by molar-refractivity contribution is 0.0600. The summed E-state index contributed by atoms with van der Waals surface area (Å²) in [5, 5.41) is 0.874. The number of nitrogens with zero attached hydrogens (tertiary/aromatic N) is 6. The van der Waals surface area contributed by atoms with Crippen LogP contribution < -0.4 is 9.80 Å². The van der Waals surface area contributed by atoms with Crippen LogP contribution in [0.4, 0.5) is 11.8 Å². The molecular weight excluding hydrogens is 436 g/mol. The zero-order chi connectivity index (χ0) is 23.7. The Morgan fingerprint density at radius 1 is 1.00 bits per heavy atom. The summed E-state index contributed by atoms with van der Waals surface area (Å²) >= 11 is 0. The van der Waals surface area contributed by atoms with Crippen molar-refractivity contribution >= 4 is 28.8 Å². The summed E-state index contributed by atoms with van der Waals surface area (Å²) in [6.07, 6.45) is 3.16. The van der Waals surface area contributed by atoms with Crippen molar-refractivity contribution in [2.75, 3.05) is 56.4 Å². The van der Waals surface area contributed by atoms with E-state index < -0.39 is 5.97 Å². The van der Waals surface area contributed by atoms with E-state index in [0.717, 1.165) is 24.3 Å². The number of carbonyl (C=O) groups excluding carboxylic acids is 1. The number of aromatic nitrogens is 4. The first-order valence-electron chi connectivity index (χ1n) is 11.5. The van der Waals surface area contributed by atoms with Crippen LogP contribution in [0.2, 0.25) is 0 Å². The predicted octanol–water partition coefficient (Wildman–Crippen LogP) is 2.32. The van der Waals surface area contributed by atoms with E-state index in [1.165, 1.54) is 13.3 Å². The van der Waals surface area contributed by atoms with Crippen molar-refractivity contribution in [3.63, 3.8) is 0 Å². The largest absolute Gasteiger partial charge is 0.465 e. The van der Waals surface area contributed by atoms with Crippen LogP contribution in [0.15, 0.2) is 30.6 Å². The summed E-state index contributed by atoms with van der Waals surface area (Å²) in [5.41, 5.74) is 2.35. The standard InChI is InChI=1S/C24H28N6O4/c1-15-13-33-8-6-29(15)22-19-4-5-20(17-10-18(12-25-11-17)23(31)32-3)26-21(19)27-24(28-22)30-7-9-34-14-16(30)2/h4-5,10-12,15-16H,6-9,13-14H2,1-3H3/t15-,16-/m0/s1. The third-order valence-electron chi connectivity index (χ3n) is 6.25. The van der Waals surface area contributed by atoms with Crippen molar-refractivity contribution in [2.24, 2.45) is 0 Å². The topological polar surface area (TPSA) is 103 Å². The van der Waals surface area contributed by atoms with Gasteiger partial charge < -0.3 is 24.0 Å². The fourth-order valence-corrected chi connectivity index (χ4v) is 4.37. The second-order valence-corrected chi connectivity index (χ2v) is 8.60. The highest BCUT2D eigenvalue weighted by Gasteiger charge is 2.27. The van der Waals surface area contributed by atoms with Gasteiger partial charge in [0.1, 0.15) is 5.82 Å². The lowest BCUT2D eigenvalue weighted by Gasteiger charge is -2.37. The SMILES string of the molecule is COC(=O)c1cncc(-c2ccc3c(N4CCOC[C@@H]4C)nc(N4CCOC[C@@H]4C)nc3n2)c1. The highest BCUT2D eigenvalue weighted by Crippen LogP contribution is 2.31. The van der Waals surface area contributed by atoms with Gasteiger partial charge in [-0.1, -0.05) is 0 Å². The Bertz CT molecular complexity index is 1210. The number of ether oxygens (including phenoxy) is 3. The Morgan fingerprint density at radius 3 is 2.44 bits per heavy atom. The zero-order valence-electron chi connectivity index (χ0n) is 19.6. The Kier molecular flexibility index (Phi) is 6.25. The number of morpholine rings is 2. The summed E-state index contributed by atoms with van der Waals surface area (Å²) in [6.45, 7) is 8.27. The van der Waals surface area contributed by atoms with Gasteiger partial charge in [0.25, 0.3) is 0 Å². The first-order valence-corrected chi connectivity index (χ1v) is 11.5. The molecule has 0 spiro atoms. The number of methoxy groups -OCH3 is 1. The molecule has 5 rings (SSSR count). The molecule has 10 heteroatoms. The maximum absolute atomic E-state index is 12.0. The van der Waals surface area contributed by atoms with Crippen molar-refractivity contribution in [3.8, 4) is 11.3 Å². The molecule has 0 N–H and O–H groups in total. The van der Waals surface area contributed by atoms with Gasteiger partial charge in [0, 0.05) is 31.0 Å². The minimum Gasteiger partial charge on any atom is -0.465 e. The summed E-state index contributed by atoms with van der Waals surface area (Å²) in [6, 6.07) is 5.97. The van der Waals surface area contributed by atoms with Crippen molar-refractivity contribution < 1.29 is 19.0 Å². The molecule has 2 saturated heterocycles. The number of carbonyl (C=O) groups is 1. The monoisotopic (exact) mass is 464 g/mol. The first kappa shape index (κ1) is 22.4. The average Bonchev–Trinajstić information content (AvgIpc) is 2.88. The van der Waals surface area contributed by atoms with Gasteiger partial charge >= 0.3 is 5.97 Å². The minimum atomic E-state index is -0.440. The van der Waals surface area contributed by atoms with Crippen molar-refractivity contribution in [3.05, 3.63) is 36.2 Å². The summed E-state index contributed by atoms with van der Waals surface area (Å²) in [5.74, 6) is 1.06. The number of anilines is 2. The maximum Gasteiger partial charge on any atom is 0.339 e. The summed E-state index contributed by atoms with van der Waals surface area (Å²) in [7, 11) is 1.35. The quantitative estimate of drug-likeness (QED) is 0.535. The summed E-state index contributed by atoms with van der Waals surface area (Å²) < 4.78 is 16.1. The van der Waals surface area contributed by atoms with Crippen LogP contribution in [0.1, 0.15) is 24.2 Å². The van der Waals surface area contributed by atoms with Gasteiger partial charge in [-0.15, -0.1) is 0 Å². The fourth-order valence-electron chi connectivity index (χ4n) is 4.37. The lowest BCUT2D eigenvalue weighted by atomic mass is 10.1. The van der Waals surface area contributed by atoms with Gasteiger partial charge in [-0.05, 0) is 32.0 Å². The highest BCUT2D eigenvalue weighted by molar-refractivity contribution is 5.92.